The molecule has 0 unspecified atom stereocenters. The summed E-state index contributed by atoms with van der Waals surface area (Å²) in [5, 5.41) is 4.56. The van der Waals surface area contributed by atoms with Crippen molar-refractivity contribution < 1.29 is 27.1 Å². The first-order valence-corrected chi connectivity index (χ1v) is 7.03. The van der Waals surface area contributed by atoms with Crippen molar-refractivity contribution in [2.24, 2.45) is 5.16 Å². The first kappa shape index (κ1) is 15.9. The summed E-state index contributed by atoms with van der Waals surface area (Å²) < 4.78 is 55.9. The van der Waals surface area contributed by atoms with Gasteiger partial charge in [-0.05, 0) is 32.0 Å². The number of rotatable bonds is 3. The highest BCUT2D eigenvalue weighted by molar-refractivity contribution is 8.13. The van der Waals surface area contributed by atoms with Crippen LogP contribution in [0.3, 0.4) is 0 Å². The van der Waals surface area contributed by atoms with Gasteiger partial charge in [-0.1, -0.05) is 16.9 Å². The number of oxime groups is 1. The molecule has 21 heavy (non-hydrogen) atoms. The van der Waals surface area contributed by atoms with E-state index in [-0.39, 0.29) is 17.3 Å². The van der Waals surface area contributed by atoms with Crippen LogP contribution in [-0.4, -0.2) is 16.6 Å². The summed E-state index contributed by atoms with van der Waals surface area (Å²) in [5.74, 6) is -1.30. The molecule has 8 heteroatoms. The van der Waals surface area contributed by atoms with Gasteiger partial charge in [0.05, 0.1) is 5.56 Å². The monoisotopic (exact) mass is 323 g/mol. The Kier molecular flexibility index (Phi) is 4.36. The molecule has 0 N–H and O–H groups in total. The summed E-state index contributed by atoms with van der Waals surface area (Å²) in [7, 11) is 0. The van der Waals surface area contributed by atoms with Gasteiger partial charge in [-0.2, -0.15) is 13.2 Å². The predicted molar refractivity (Wildman–Crippen MR) is 71.7 cm³/mol. The van der Waals surface area contributed by atoms with Crippen LogP contribution in [0.1, 0.15) is 25.8 Å². The summed E-state index contributed by atoms with van der Waals surface area (Å²) in [6.07, 6.45) is -4.14. The van der Waals surface area contributed by atoms with Crippen LogP contribution in [-0.2, 0) is 11.0 Å². The highest BCUT2D eigenvalue weighted by Crippen LogP contribution is 2.34. The van der Waals surface area contributed by atoms with E-state index in [1.54, 1.807) is 0 Å². The van der Waals surface area contributed by atoms with E-state index in [2.05, 4.69) is 5.16 Å². The number of hydrogen-bond acceptors (Lipinski definition) is 4. The minimum absolute atomic E-state index is 0.0463. The van der Waals surface area contributed by atoms with E-state index in [0.29, 0.717) is 17.5 Å². The van der Waals surface area contributed by atoms with Crippen LogP contribution >= 0.6 is 11.8 Å². The van der Waals surface area contributed by atoms with E-state index in [0.717, 1.165) is 12.1 Å². The molecule has 0 saturated carbocycles. The van der Waals surface area contributed by atoms with E-state index in [4.69, 9.17) is 9.57 Å². The minimum Gasteiger partial charge on any atom is -0.483 e. The highest BCUT2D eigenvalue weighted by Gasteiger charge is 2.34. The Labute approximate surface area is 123 Å². The predicted octanol–water partition coefficient (Wildman–Crippen LogP) is 4.43. The Balaban J connectivity index is 1.93. The standard InChI is InChI=1S/C13H13F4NO2S/c1-12(2)6-11(18-20-12)21-7-19-8-3-4-10(14)9(5-8)13(15,16)17/h3-5H,6-7H2,1-2H3. The normalized spacial score (nSPS) is 17.3. The van der Waals surface area contributed by atoms with E-state index in [1.807, 2.05) is 13.8 Å². The molecule has 1 heterocycles. The van der Waals surface area contributed by atoms with Crippen LogP contribution in [0.15, 0.2) is 23.4 Å². The molecule has 1 aromatic carbocycles. The van der Waals surface area contributed by atoms with Crippen LogP contribution in [0.25, 0.3) is 0 Å². The Morgan fingerprint density at radius 1 is 1.38 bits per heavy atom. The average molecular weight is 323 g/mol. The van der Waals surface area contributed by atoms with Crippen molar-refractivity contribution >= 4 is 16.8 Å². The molecule has 0 aliphatic carbocycles. The quantitative estimate of drug-likeness (QED) is 0.609. The van der Waals surface area contributed by atoms with Gasteiger partial charge in [0.2, 0.25) is 0 Å². The van der Waals surface area contributed by atoms with Crippen LogP contribution in [0, 0.1) is 5.82 Å². The van der Waals surface area contributed by atoms with E-state index in [1.165, 1.54) is 11.8 Å². The lowest BCUT2D eigenvalue weighted by Crippen LogP contribution is -2.18. The minimum atomic E-state index is -4.75. The molecule has 116 valence electrons. The van der Waals surface area contributed by atoms with Crippen molar-refractivity contribution in [2.45, 2.75) is 32.0 Å². The highest BCUT2D eigenvalue weighted by atomic mass is 32.2. The summed E-state index contributed by atoms with van der Waals surface area (Å²) in [5.41, 5.74) is -1.71. The van der Waals surface area contributed by atoms with Gasteiger partial charge in [0.1, 0.15) is 28.2 Å². The third-order valence-corrected chi connectivity index (χ3v) is 3.45. The number of alkyl halides is 3. The fraction of sp³-hybridized carbons (Fsp3) is 0.462. The Bertz CT molecular complexity index is 558. The maximum Gasteiger partial charge on any atom is 0.419 e. The molecule has 1 aromatic rings. The Hall–Kier alpha value is -1.44. The largest absolute Gasteiger partial charge is 0.483 e. The van der Waals surface area contributed by atoms with Gasteiger partial charge < -0.3 is 9.57 Å². The summed E-state index contributed by atoms with van der Waals surface area (Å²) >= 11 is 1.23. The molecule has 1 aliphatic rings. The van der Waals surface area contributed by atoms with Gasteiger partial charge in [-0.25, -0.2) is 4.39 Å². The second-order valence-electron chi connectivity index (χ2n) is 5.06. The van der Waals surface area contributed by atoms with E-state index in [9.17, 15) is 17.6 Å². The van der Waals surface area contributed by atoms with Crippen LogP contribution in [0.4, 0.5) is 17.6 Å². The molecule has 2 rings (SSSR count). The maximum absolute atomic E-state index is 13.1. The Morgan fingerprint density at radius 3 is 2.67 bits per heavy atom. The lowest BCUT2D eigenvalue weighted by atomic mass is 10.1. The molecule has 0 amide bonds. The number of halogens is 4. The zero-order valence-corrected chi connectivity index (χ0v) is 12.1. The summed E-state index contributed by atoms with van der Waals surface area (Å²) in [6, 6.07) is 2.54. The molecule has 0 atom stereocenters. The van der Waals surface area contributed by atoms with Gasteiger partial charge in [0, 0.05) is 6.42 Å². The van der Waals surface area contributed by atoms with Crippen LogP contribution in [0.2, 0.25) is 0 Å². The van der Waals surface area contributed by atoms with Crippen molar-refractivity contribution in [2.75, 3.05) is 5.94 Å². The molecule has 0 radical (unpaired) electrons. The maximum atomic E-state index is 13.1. The van der Waals surface area contributed by atoms with Crippen LogP contribution < -0.4 is 4.74 Å². The molecular formula is C13H13F4NO2S. The van der Waals surface area contributed by atoms with Crippen molar-refractivity contribution in [3.63, 3.8) is 0 Å². The lowest BCUT2D eigenvalue weighted by molar-refractivity contribution is -0.140. The molecule has 0 spiro atoms. The third-order valence-electron chi connectivity index (χ3n) is 2.67. The molecule has 0 bridgehead atoms. The second kappa shape index (κ2) is 5.75. The molecule has 0 aromatic heterocycles. The summed E-state index contributed by atoms with van der Waals surface area (Å²) in [4.78, 5) is 5.15. The van der Waals surface area contributed by atoms with Crippen LogP contribution in [0.5, 0.6) is 5.75 Å². The molecule has 3 nitrogen and oxygen atoms in total. The third kappa shape index (κ3) is 4.26. The average Bonchev–Trinajstić information content (AvgIpc) is 2.70. The lowest BCUT2D eigenvalue weighted by Gasteiger charge is -2.13. The topological polar surface area (TPSA) is 30.8 Å². The van der Waals surface area contributed by atoms with Gasteiger partial charge >= 0.3 is 6.18 Å². The molecule has 1 aliphatic heterocycles. The number of thioether (sulfide) groups is 1. The van der Waals surface area contributed by atoms with Crippen molar-refractivity contribution in [3.05, 3.63) is 29.6 Å². The number of hydrogen-bond donors (Lipinski definition) is 0. The fourth-order valence-electron chi connectivity index (χ4n) is 1.66. The van der Waals surface area contributed by atoms with Crippen molar-refractivity contribution in [1.82, 2.24) is 0 Å². The number of nitrogens with zero attached hydrogens (tertiary/aromatic N) is 1. The number of benzene rings is 1. The van der Waals surface area contributed by atoms with E-state index < -0.39 is 17.6 Å². The zero-order valence-electron chi connectivity index (χ0n) is 11.3. The van der Waals surface area contributed by atoms with Crippen molar-refractivity contribution in [1.29, 1.82) is 0 Å². The SMILES string of the molecule is CC1(C)CC(SCOc2ccc(F)c(C(F)(F)F)c2)=NO1. The first-order chi connectivity index (χ1) is 9.67. The number of ether oxygens (including phenoxy) is 1. The molecule has 0 fully saturated rings. The second-order valence-corrected chi connectivity index (χ2v) is 6.05. The van der Waals surface area contributed by atoms with Gasteiger partial charge in [0.25, 0.3) is 0 Å². The van der Waals surface area contributed by atoms with Gasteiger partial charge in [-0.15, -0.1) is 0 Å². The van der Waals surface area contributed by atoms with Gasteiger partial charge in [-0.3, -0.25) is 0 Å². The zero-order chi connectivity index (χ0) is 15.7. The van der Waals surface area contributed by atoms with E-state index >= 15 is 0 Å². The van der Waals surface area contributed by atoms with Crippen molar-refractivity contribution in [3.8, 4) is 5.75 Å². The Morgan fingerprint density at radius 2 is 2.10 bits per heavy atom. The fourth-order valence-corrected chi connectivity index (χ4v) is 2.53. The molecular weight excluding hydrogens is 310 g/mol. The first-order valence-electron chi connectivity index (χ1n) is 6.05. The summed E-state index contributed by atoms with van der Waals surface area (Å²) in [6.45, 7) is 3.75. The smallest absolute Gasteiger partial charge is 0.419 e. The molecule has 0 saturated heterocycles. The van der Waals surface area contributed by atoms with Gasteiger partial charge in [0.15, 0.2) is 0 Å².